The minimum atomic E-state index is -0.370. The molecule has 1 saturated heterocycles. The van der Waals surface area contributed by atoms with Crippen LogP contribution in [0.3, 0.4) is 0 Å². The number of esters is 1. The summed E-state index contributed by atoms with van der Waals surface area (Å²) in [7, 11) is 0. The molecule has 1 N–H and O–H groups in total. The summed E-state index contributed by atoms with van der Waals surface area (Å²) in [5, 5.41) is 2.82. The highest BCUT2D eigenvalue weighted by atomic mass is 16.5. The standard InChI is InChI=1S/C19H26N2O4/c1-4-9-25-19(24)14-5-7-16(8-6-14)20-18(23)15-10-17(22)21(12-15)11-13(2)3/h5-8,13,15H,4,9-12H2,1-3H3,(H,20,23). The molecule has 136 valence electrons. The lowest BCUT2D eigenvalue weighted by atomic mass is 10.1. The maximum absolute atomic E-state index is 12.4. The smallest absolute Gasteiger partial charge is 0.338 e. The molecule has 6 nitrogen and oxygen atoms in total. The van der Waals surface area contributed by atoms with Crippen molar-refractivity contribution in [3.63, 3.8) is 0 Å². The second-order valence-electron chi connectivity index (χ2n) is 6.80. The van der Waals surface area contributed by atoms with Crippen molar-refractivity contribution in [2.45, 2.75) is 33.6 Å². The first-order valence-electron chi connectivity index (χ1n) is 8.76. The van der Waals surface area contributed by atoms with E-state index in [0.717, 1.165) is 6.42 Å². The zero-order chi connectivity index (χ0) is 18.4. The normalized spacial score (nSPS) is 17.0. The lowest BCUT2D eigenvalue weighted by Crippen LogP contribution is -2.31. The molecule has 1 fully saturated rings. The Morgan fingerprint density at radius 1 is 1.28 bits per heavy atom. The van der Waals surface area contributed by atoms with E-state index in [1.54, 1.807) is 29.2 Å². The number of carbonyl (C=O) groups excluding carboxylic acids is 3. The third kappa shape index (κ3) is 5.31. The lowest BCUT2D eigenvalue weighted by molar-refractivity contribution is -0.128. The molecule has 6 heteroatoms. The van der Waals surface area contributed by atoms with Crippen LogP contribution in [0.5, 0.6) is 0 Å². The molecule has 1 unspecified atom stereocenters. The third-order valence-electron chi connectivity index (χ3n) is 4.00. The second-order valence-corrected chi connectivity index (χ2v) is 6.80. The number of anilines is 1. The van der Waals surface area contributed by atoms with Gasteiger partial charge >= 0.3 is 5.97 Å². The number of amides is 2. The summed E-state index contributed by atoms with van der Waals surface area (Å²) in [5.41, 5.74) is 1.05. The largest absolute Gasteiger partial charge is 0.462 e. The number of likely N-dealkylation sites (tertiary alicyclic amines) is 1. The van der Waals surface area contributed by atoms with Crippen molar-refractivity contribution in [1.82, 2.24) is 4.90 Å². The van der Waals surface area contributed by atoms with Crippen LogP contribution in [0.15, 0.2) is 24.3 Å². The number of nitrogens with zero attached hydrogens (tertiary/aromatic N) is 1. The first kappa shape index (κ1) is 19.0. The van der Waals surface area contributed by atoms with Crippen molar-refractivity contribution in [2.24, 2.45) is 11.8 Å². The highest BCUT2D eigenvalue weighted by Crippen LogP contribution is 2.21. The molecule has 0 aromatic heterocycles. The van der Waals surface area contributed by atoms with E-state index in [1.807, 2.05) is 20.8 Å². The molecular formula is C19H26N2O4. The first-order valence-corrected chi connectivity index (χ1v) is 8.76. The van der Waals surface area contributed by atoms with Crippen LogP contribution in [-0.4, -0.2) is 42.4 Å². The molecule has 0 spiro atoms. The predicted octanol–water partition coefficient (Wildman–Crippen LogP) is 2.70. The quantitative estimate of drug-likeness (QED) is 0.770. The summed E-state index contributed by atoms with van der Waals surface area (Å²) >= 11 is 0. The van der Waals surface area contributed by atoms with Gasteiger partial charge in [-0.05, 0) is 36.6 Å². The van der Waals surface area contributed by atoms with Gasteiger partial charge in [0.15, 0.2) is 0 Å². The van der Waals surface area contributed by atoms with E-state index < -0.39 is 0 Å². The van der Waals surface area contributed by atoms with Crippen LogP contribution in [0.4, 0.5) is 5.69 Å². The molecule has 2 amide bonds. The zero-order valence-electron chi connectivity index (χ0n) is 15.1. The van der Waals surface area contributed by atoms with Crippen LogP contribution in [-0.2, 0) is 14.3 Å². The molecule has 1 heterocycles. The monoisotopic (exact) mass is 346 g/mol. The summed E-state index contributed by atoms with van der Waals surface area (Å²) in [4.78, 5) is 37.9. The second kappa shape index (κ2) is 8.65. The number of hydrogen-bond acceptors (Lipinski definition) is 4. The Bertz CT molecular complexity index is 625. The van der Waals surface area contributed by atoms with Crippen molar-refractivity contribution < 1.29 is 19.1 Å². The molecule has 1 aliphatic rings. The van der Waals surface area contributed by atoms with Gasteiger partial charge in [0.2, 0.25) is 11.8 Å². The fourth-order valence-electron chi connectivity index (χ4n) is 2.78. The van der Waals surface area contributed by atoms with Crippen molar-refractivity contribution in [2.75, 3.05) is 25.0 Å². The maximum atomic E-state index is 12.4. The van der Waals surface area contributed by atoms with Gasteiger partial charge in [0.25, 0.3) is 0 Å². The highest BCUT2D eigenvalue weighted by molar-refractivity contribution is 5.97. The Kier molecular flexibility index (Phi) is 6.56. The topological polar surface area (TPSA) is 75.7 Å². The molecular weight excluding hydrogens is 320 g/mol. The molecule has 25 heavy (non-hydrogen) atoms. The summed E-state index contributed by atoms with van der Waals surface area (Å²) in [6, 6.07) is 6.59. The number of carbonyl (C=O) groups is 3. The third-order valence-corrected chi connectivity index (χ3v) is 4.00. The van der Waals surface area contributed by atoms with Gasteiger partial charge in [-0.3, -0.25) is 9.59 Å². The summed E-state index contributed by atoms with van der Waals surface area (Å²) in [5.74, 6) is -0.458. The zero-order valence-corrected chi connectivity index (χ0v) is 15.1. The molecule has 2 rings (SSSR count). The van der Waals surface area contributed by atoms with Crippen molar-refractivity contribution >= 4 is 23.5 Å². The van der Waals surface area contributed by atoms with Gasteiger partial charge in [-0.15, -0.1) is 0 Å². The molecule has 1 aromatic rings. The Balaban J connectivity index is 1.90. The van der Waals surface area contributed by atoms with Gasteiger partial charge in [0.1, 0.15) is 0 Å². The van der Waals surface area contributed by atoms with Gasteiger partial charge in [-0.1, -0.05) is 20.8 Å². The average molecular weight is 346 g/mol. The Morgan fingerprint density at radius 2 is 1.96 bits per heavy atom. The van der Waals surface area contributed by atoms with E-state index in [1.165, 1.54) is 0 Å². The molecule has 0 saturated carbocycles. The predicted molar refractivity (Wildman–Crippen MR) is 95.2 cm³/mol. The van der Waals surface area contributed by atoms with Gasteiger partial charge in [-0.2, -0.15) is 0 Å². The van der Waals surface area contributed by atoms with Crippen molar-refractivity contribution in [3.8, 4) is 0 Å². The van der Waals surface area contributed by atoms with E-state index in [0.29, 0.717) is 36.9 Å². The van der Waals surface area contributed by atoms with Crippen LogP contribution < -0.4 is 5.32 Å². The molecule has 0 radical (unpaired) electrons. The molecule has 0 bridgehead atoms. The van der Waals surface area contributed by atoms with Gasteiger partial charge in [0, 0.05) is 25.2 Å². The van der Waals surface area contributed by atoms with Gasteiger partial charge in [-0.25, -0.2) is 4.79 Å². The van der Waals surface area contributed by atoms with Gasteiger partial charge < -0.3 is 15.0 Å². The molecule has 0 aliphatic carbocycles. The van der Waals surface area contributed by atoms with E-state index in [9.17, 15) is 14.4 Å². The molecule has 1 aromatic carbocycles. The van der Waals surface area contributed by atoms with E-state index in [-0.39, 0.29) is 30.1 Å². The van der Waals surface area contributed by atoms with E-state index >= 15 is 0 Å². The fraction of sp³-hybridized carbons (Fsp3) is 0.526. The van der Waals surface area contributed by atoms with Gasteiger partial charge in [0.05, 0.1) is 18.1 Å². The van der Waals surface area contributed by atoms with Crippen molar-refractivity contribution in [3.05, 3.63) is 29.8 Å². The maximum Gasteiger partial charge on any atom is 0.338 e. The minimum absolute atomic E-state index is 0.0304. The highest BCUT2D eigenvalue weighted by Gasteiger charge is 2.34. The minimum Gasteiger partial charge on any atom is -0.462 e. The lowest BCUT2D eigenvalue weighted by Gasteiger charge is -2.18. The Labute approximate surface area is 148 Å². The van der Waals surface area contributed by atoms with Crippen LogP contribution >= 0.6 is 0 Å². The SMILES string of the molecule is CCCOC(=O)c1ccc(NC(=O)C2CC(=O)N(CC(C)C)C2)cc1. The van der Waals surface area contributed by atoms with E-state index in [4.69, 9.17) is 4.74 Å². The van der Waals surface area contributed by atoms with Crippen LogP contribution in [0.2, 0.25) is 0 Å². The molecule has 1 atom stereocenters. The average Bonchev–Trinajstić information content (AvgIpc) is 2.93. The number of benzene rings is 1. The number of nitrogens with one attached hydrogen (secondary N) is 1. The Hall–Kier alpha value is -2.37. The van der Waals surface area contributed by atoms with Crippen LogP contribution in [0, 0.1) is 11.8 Å². The van der Waals surface area contributed by atoms with Crippen molar-refractivity contribution in [1.29, 1.82) is 0 Å². The van der Waals surface area contributed by atoms with E-state index in [2.05, 4.69) is 5.32 Å². The molecule has 1 aliphatic heterocycles. The van der Waals surface area contributed by atoms with Crippen LogP contribution in [0.1, 0.15) is 44.0 Å². The first-order chi connectivity index (χ1) is 11.9. The fourth-order valence-corrected chi connectivity index (χ4v) is 2.78. The summed E-state index contributed by atoms with van der Waals surface area (Å²) in [6.07, 6.45) is 1.02. The Morgan fingerprint density at radius 3 is 2.56 bits per heavy atom. The van der Waals surface area contributed by atoms with Crippen LogP contribution in [0.25, 0.3) is 0 Å². The number of rotatable bonds is 7. The number of ether oxygens (including phenoxy) is 1. The summed E-state index contributed by atoms with van der Waals surface area (Å²) in [6.45, 7) is 7.56. The summed E-state index contributed by atoms with van der Waals surface area (Å²) < 4.78 is 5.07. The number of hydrogen-bond donors (Lipinski definition) is 1.